The molecular weight excluding hydrogens is 386 g/mol. The van der Waals surface area contributed by atoms with E-state index in [2.05, 4.69) is 32.0 Å². The molecule has 5 nitrogen and oxygen atoms in total. The number of para-hydroxylation sites is 2. The molecule has 0 radical (unpaired) electrons. The summed E-state index contributed by atoms with van der Waals surface area (Å²) in [6, 6.07) is 22.2. The van der Waals surface area contributed by atoms with E-state index in [0.29, 0.717) is 6.61 Å². The number of nitrogens with zero attached hydrogens (tertiary/aromatic N) is 3. The number of aromatic nitrogens is 2. The third-order valence-corrected chi connectivity index (χ3v) is 5.46. The van der Waals surface area contributed by atoms with E-state index >= 15 is 0 Å². The number of benzene rings is 3. The van der Waals surface area contributed by atoms with E-state index in [4.69, 9.17) is 9.72 Å². The number of hydrogen-bond donors (Lipinski definition) is 0. The maximum absolute atomic E-state index is 13.0. The monoisotopic (exact) mass is 415 g/mol. The summed E-state index contributed by atoms with van der Waals surface area (Å²) in [6.45, 7) is 6.35. The fourth-order valence-corrected chi connectivity index (χ4v) is 3.95. The Morgan fingerprint density at radius 3 is 2.42 bits per heavy atom. The highest BCUT2D eigenvalue weighted by molar-refractivity contribution is 5.84. The number of ether oxygens (including phenoxy) is 1. The van der Waals surface area contributed by atoms with Gasteiger partial charge in [0, 0.05) is 13.1 Å². The van der Waals surface area contributed by atoms with Crippen LogP contribution in [0, 0.1) is 0 Å². The van der Waals surface area contributed by atoms with Gasteiger partial charge in [-0.25, -0.2) is 4.98 Å². The average molecular weight is 416 g/mol. The van der Waals surface area contributed by atoms with Gasteiger partial charge in [0.05, 0.1) is 11.0 Å². The summed E-state index contributed by atoms with van der Waals surface area (Å²) in [4.78, 5) is 19.8. The Labute approximate surface area is 183 Å². The van der Waals surface area contributed by atoms with Crippen LogP contribution in [0.4, 0.5) is 0 Å². The predicted molar refractivity (Wildman–Crippen MR) is 125 cm³/mol. The predicted octanol–water partition coefficient (Wildman–Crippen LogP) is 5.42. The topological polar surface area (TPSA) is 47.4 Å². The van der Waals surface area contributed by atoms with Crippen molar-refractivity contribution in [3.8, 4) is 5.75 Å². The number of amides is 1. The van der Waals surface area contributed by atoms with Crippen LogP contribution in [0.15, 0.2) is 66.7 Å². The maximum Gasteiger partial charge on any atom is 0.242 e. The Morgan fingerprint density at radius 1 is 0.935 bits per heavy atom. The summed E-state index contributed by atoms with van der Waals surface area (Å²) in [5, 5.41) is 2.32. The summed E-state index contributed by atoms with van der Waals surface area (Å²) in [5.74, 6) is 1.68. The van der Waals surface area contributed by atoms with Gasteiger partial charge in [-0.2, -0.15) is 0 Å². The third kappa shape index (κ3) is 4.71. The van der Waals surface area contributed by atoms with Crippen LogP contribution < -0.4 is 4.74 Å². The zero-order chi connectivity index (χ0) is 21.6. The second kappa shape index (κ2) is 9.65. The van der Waals surface area contributed by atoms with Crippen molar-refractivity contribution in [1.29, 1.82) is 0 Å². The normalized spacial score (nSPS) is 11.2. The molecule has 0 aliphatic rings. The lowest BCUT2D eigenvalue weighted by atomic mass is 10.1. The van der Waals surface area contributed by atoms with Crippen molar-refractivity contribution in [2.24, 2.45) is 0 Å². The van der Waals surface area contributed by atoms with Crippen molar-refractivity contribution >= 4 is 27.7 Å². The Hall–Kier alpha value is -3.34. The van der Waals surface area contributed by atoms with Crippen LogP contribution in [0.3, 0.4) is 0 Å². The van der Waals surface area contributed by atoms with Crippen molar-refractivity contribution in [1.82, 2.24) is 14.5 Å². The number of fused-ring (bicyclic) bond motifs is 2. The molecule has 0 saturated heterocycles. The number of hydrogen-bond acceptors (Lipinski definition) is 3. The molecular formula is C26H29N3O2. The number of imidazole rings is 1. The second-order valence-corrected chi connectivity index (χ2v) is 7.78. The van der Waals surface area contributed by atoms with Gasteiger partial charge in [0.15, 0.2) is 0 Å². The van der Waals surface area contributed by atoms with Gasteiger partial charge in [-0.15, -0.1) is 0 Å². The molecule has 0 bridgehead atoms. The fraction of sp³-hybridized carbons (Fsp3) is 0.308. The van der Waals surface area contributed by atoms with Gasteiger partial charge in [-0.3, -0.25) is 4.79 Å². The molecule has 160 valence electrons. The molecule has 4 aromatic rings. The van der Waals surface area contributed by atoms with Gasteiger partial charge in [-0.05, 0) is 47.9 Å². The van der Waals surface area contributed by atoms with E-state index in [1.54, 1.807) is 0 Å². The van der Waals surface area contributed by atoms with Crippen LogP contribution >= 0.6 is 0 Å². The quantitative estimate of drug-likeness (QED) is 0.367. The summed E-state index contributed by atoms with van der Waals surface area (Å²) >= 11 is 0. The largest absolute Gasteiger partial charge is 0.486 e. The van der Waals surface area contributed by atoms with Crippen LogP contribution in [0.1, 0.15) is 32.5 Å². The minimum absolute atomic E-state index is 0.124. The summed E-state index contributed by atoms with van der Waals surface area (Å²) < 4.78 is 8.10. The molecule has 1 aromatic heterocycles. The highest BCUT2D eigenvalue weighted by atomic mass is 16.5. The Morgan fingerprint density at radius 2 is 1.65 bits per heavy atom. The molecule has 0 fully saturated rings. The van der Waals surface area contributed by atoms with E-state index in [0.717, 1.165) is 53.9 Å². The highest BCUT2D eigenvalue weighted by Gasteiger charge is 2.18. The first-order valence-electron chi connectivity index (χ1n) is 11.0. The van der Waals surface area contributed by atoms with Gasteiger partial charge in [0.25, 0.3) is 0 Å². The molecule has 3 aromatic carbocycles. The van der Waals surface area contributed by atoms with Crippen molar-refractivity contribution < 1.29 is 9.53 Å². The van der Waals surface area contributed by atoms with Gasteiger partial charge in [0.2, 0.25) is 5.91 Å². The molecule has 4 rings (SSSR count). The third-order valence-electron chi connectivity index (χ3n) is 5.46. The van der Waals surface area contributed by atoms with Crippen LogP contribution in [-0.2, 0) is 17.9 Å². The van der Waals surface area contributed by atoms with E-state index in [1.165, 1.54) is 5.39 Å². The van der Waals surface area contributed by atoms with Crippen LogP contribution in [0.5, 0.6) is 5.75 Å². The van der Waals surface area contributed by atoms with Crippen molar-refractivity contribution in [3.63, 3.8) is 0 Å². The molecule has 0 aliphatic carbocycles. The maximum atomic E-state index is 13.0. The van der Waals surface area contributed by atoms with E-state index in [-0.39, 0.29) is 12.5 Å². The lowest BCUT2D eigenvalue weighted by molar-refractivity contribution is -0.131. The fourth-order valence-electron chi connectivity index (χ4n) is 3.95. The van der Waals surface area contributed by atoms with Gasteiger partial charge >= 0.3 is 0 Å². The van der Waals surface area contributed by atoms with Gasteiger partial charge < -0.3 is 14.2 Å². The molecule has 1 amide bonds. The number of carbonyl (C=O) groups excluding carboxylic acids is 1. The lowest BCUT2D eigenvalue weighted by Crippen LogP contribution is -2.35. The number of rotatable bonds is 9. The Balaban J connectivity index is 1.58. The van der Waals surface area contributed by atoms with Crippen molar-refractivity contribution in [2.45, 2.75) is 39.8 Å². The minimum Gasteiger partial charge on any atom is -0.486 e. The molecule has 0 N–H and O–H groups in total. The molecule has 31 heavy (non-hydrogen) atoms. The summed E-state index contributed by atoms with van der Waals surface area (Å²) in [5.41, 5.74) is 1.84. The molecule has 0 atom stereocenters. The average Bonchev–Trinajstić information content (AvgIpc) is 3.14. The highest BCUT2D eigenvalue weighted by Crippen LogP contribution is 2.23. The minimum atomic E-state index is 0.124. The standard InChI is InChI=1S/C26H29N3O2/c1-3-15-28(16-4-2)26(30)18-29-24-12-8-7-11-23(24)27-25(29)19-31-22-14-13-20-9-5-6-10-21(20)17-22/h5-14,17H,3-4,15-16,18-19H2,1-2H3. The first kappa shape index (κ1) is 20.9. The molecule has 1 heterocycles. The zero-order valence-electron chi connectivity index (χ0n) is 18.3. The molecule has 0 aliphatic heterocycles. The zero-order valence-corrected chi connectivity index (χ0v) is 18.3. The van der Waals surface area contributed by atoms with Crippen LogP contribution in [0.2, 0.25) is 0 Å². The Kier molecular flexibility index (Phi) is 6.51. The SMILES string of the molecule is CCCN(CCC)C(=O)Cn1c(COc2ccc3ccccc3c2)nc2ccccc21. The first-order valence-corrected chi connectivity index (χ1v) is 11.0. The summed E-state index contributed by atoms with van der Waals surface area (Å²) in [6.07, 6.45) is 1.91. The van der Waals surface area contributed by atoms with E-state index < -0.39 is 0 Å². The molecule has 0 spiro atoms. The molecule has 0 unspecified atom stereocenters. The Bertz CT molecular complexity index is 1180. The van der Waals surface area contributed by atoms with Crippen LogP contribution in [0.25, 0.3) is 21.8 Å². The second-order valence-electron chi connectivity index (χ2n) is 7.78. The van der Waals surface area contributed by atoms with Crippen molar-refractivity contribution in [3.05, 3.63) is 72.6 Å². The van der Waals surface area contributed by atoms with Gasteiger partial charge in [0.1, 0.15) is 24.7 Å². The van der Waals surface area contributed by atoms with E-state index in [9.17, 15) is 4.79 Å². The lowest BCUT2D eigenvalue weighted by Gasteiger charge is -2.22. The molecule has 5 heteroatoms. The summed E-state index contributed by atoms with van der Waals surface area (Å²) in [7, 11) is 0. The number of carbonyl (C=O) groups is 1. The smallest absolute Gasteiger partial charge is 0.242 e. The van der Waals surface area contributed by atoms with E-state index in [1.807, 2.05) is 58.0 Å². The molecule has 0 saturated carbocycles. The van der Waals surface area contributed by atoms with Gasteiger partial charge in [-0.1, -0.05) is 56.3 Å². The van der Waals surface area contributed by atoms with Crippen molar-refractivity contribution in [2.75, 3.05) is 13.1 Å². The first-order chi connectivity index (χ1) is 15.2. The van der Waals surface area contributed by atoms with Crippen LogP contribution in [-0.4, -0.2) is 33.4 Å².